The zero-order chi connectivity index (χ0) is 15.4. The van der Waals surface area contributed by atoms with E-state index in [1.54, 1.807) is 0 Å². The maximum absolute atomic E-state index is 5.06. The highest BCUT2D eigenvalue weighted by atomic mass is 14.7. The zero-order valence-electron chi connectivity index (χ0n) is 12.9. The molecule has 1 nitrogen and oxygen atoms in total. The summed E-state index contributed by atoms with van der Waals surface area (Å²) in [5.41, 5.74) is 3.46. The Bertz CT molecular complexity index is 1220. The van der Waals surface area contributed by atoms with E-state index in [-0.39, 0.29) is 0 Å². The average Bonchev–Trinajstić information content (AvgIpc) is 2.59. The molecule has 5 aromatic rings. The Morgan fingerprint density at radius 2 is 1.22 bits per heavy atom. The summed E-state index contributed by atoms with van der Waals surface area (Å²) in [4.78, 5) is 5.06. The van der Waals surface area contributed by atoms with Gasteiger partial charge in [-0.15, -0.1) is 0 Å². The lowest BCUT2D eigenvalue weighted by atomic mass is 10.0. The van der Waals surface area contributed by atoms with Gasteiger partial charge in [0.1, 0.15) is 0 Å². The lowest BCUT2D eigenvalue weighted by molar-refractivity contribution is 1.49. The van der Waals surface area contributed by atoms with Crippen molar-refractivity contribution in [3.8, 4) is 0 Å². The Kier molecular flexibility index (Phi) is 2.48. The van der Waals surface area contributed by atoms with Gasteiger partial charge in [0.2, 0.25) is 0 Å². The van der Waals surface area contributed by atoms with Gasteiger partial charge < -0.3 is 0 Å². The molecule has 0 bridgehead atoms. The molecule has 0 unspecified atom stereocenters. The molecule has 5 rings (SSSR count). The summed E-state index contributed by atoms with van der Waals surface area (Å²) >= 11 is 0. The van der Waals surface area contributed by atoms with Crippen molar-refractivity contribution >= 4 is 43.4 Å². The number of hydrogen-bond acceptors (Lipinski definition) is 1. The van der Waals surface area contributed by atoms with Gasteiger partial charge in [0, 0.05) is 21.5 Å². The first-order chi connectivity index (χ1) is 11.3. The molecular weight excluding hydrogens is 278 g/mol. The minimum Gasteiger partial charge on any atom is -0.246 e. The van der Waals surface area contributed by atoms with E-state index in [1.165, 1.54) is 37.9 Å². The first-order valence-corrected chi connectivity index (χ1v) is 7.91. The largest absolute Gasteiger partial charge is 0.246 e. The van der Waals surface area contributed by atoms with E-state index in [2.05, 4.69) is 79.7 Å². The quantitative estimate of drug-likeness (QED) is 0.252. The highest BCUT2D eigenvalue weighted by Crippen LogP contribution is 2.30. The van der Waals surface area contributed by atoms with E-state index < -0.39 is 0 Å². The van der Waals surface area contributed by atoms with Crippen LogP contribution in [0.5, 0.6) is 0 Å². The van der Waals surface area contributed by atoms with Crippen molar-refractivity contribution in [2.45, 2.75) is 6.92 Å². The molecule has 0 amide bonds. The molecule has 0 fully saturated rings. The van der Waals surface area contributed by atoms with Crippen molar-refractivity contribution in [3.05, 3.63) is 78.4 Å². The first kappa shape index (κ1) is 12.6. The van der Waals surface area contributed by atoms with Crippen LogP contribution in [0.1, 0.15) is 5.56 Å². The Labute approximate surface area is 134 Å². The van der Waals surface area contributed by atoms with Crippen LogP contribution in [0.25, 0.3) is 43.4 Å². The molecule has 0 atom stereocenters. The van der Waals surface area contributed by atoms with Gasteiger partial charge in [-0.1, -0.05) is 72.3 Å². The van der Waals surface area contributed by atoms with Crippen molar-refractivity contribution in [2.75, 3.05) is 0 Å². The summed E-state index contributed by atoms with van der Waals surface area (Å²) in [7, 11) is 0. The van der Waals surface area contributed by atoms with E-state index in [4.69, 9.17) is 4.98 Å². The maximum atomic E-state index is 5.06. The summed E-state index contributed by atoms with van der Waals surface area (Å²) in [6.45, 7) is 2.13. The van der Waals surface area contributed by atoms with E-state index in [1.807, 2.05) is 0 Å². The van der Waals surface area contributed by atoms with Gasteiger partial charge in [-0.25, -0.2) is 4.98 Å². The molecule has 0 saturated heterocycles. The van der Waals surface area contributed by atoms with Crippen LogP contribution in [0.15, 0.2) is 72.8 Å². The smallest absolute Gasteiger partial charge is 0.0788 e. The fraction of sp³-hybridized carbons (Fsp3) is 0.0455. The van der Waals surface area contributed by atoms with Gasteiger partial charge in [-0.3, -0.25) is 0 Å². The molecule has 1 heterocycles. The van der Waals surface area contributed by atoms with Crippen LogP contribution in [-0.2, 0) is 0 Å². The van der Waals surface area contributed by atoms with Crippen LogP contribution in [0.4, 0.5) is 0 Å². The maximum Gasteiger partial charge on any atom is 0.0788 e. The fourth-order valence-corrected chi connectivity index (χ4v) is 3.48. The average molecular weight is 293 g/mol. The second-order valence-corrected chi connectivity index (χ2v) is 6.21. The summed E-state index contributed by atoms with van der Waals surface area (Å²) in [5, 5.41) is 7.33. The van der Waals surface area contributed by atoms with E-state index in [9.17, 15) is 0 Å². The molecule has 108 valence electrons. The monoisotopic (exact) mass is 293 g/mol. The number of rotatable bonds is 0. The van der Waals surface area contributed by atoms with Crippen LogP contribution < -0.4 is 0 Å². The molecule has 4 aromatic carbocycles. The van der Waals surface area contributed by atoms with Gasteiger partial charge >= 0.3 is 0 Å². The van der Waals surface area contributed by atoms with Crippen molar-refractivity contribution in [2.24, 2.45) is 0 Å². The predicted octanol–water partition coefficient (Wildman–Crippen LogP) is 6.00. The number of aromatic nitrogens is 1. The van der Waals surface area contributed by atoms with Crippen molar-refractivity contribution < 1.29 is 0 Å². The minimum atomic E-state index is 1.09. The number of fused-ring (bicyclic) bond motifs is 6. The van der Waals surface area contributed by atoms with Crippen molar-refractivity contribution in [3.63, 3.8) is 0 Å². The van der Waals surface area contributed by atoms with E-state index in [0.29, 0.717) is 0 Å². The number of aryl methyl sites for hydroxylation is 1. The number of nitrogens with zero attached hydrogens (tertiary/aromatic N) is 1. The lowest BCUT2D eigenvalue weighted by Crippen LogP contribution is -1.87. The molecule has 23 heavy (non-hydrogen) atoms. The number of benzene rings is 4. The molecule has 1 heteroatoms. The van der Waals surface area contributed by atoms with Gasteiger partial charge in [0.15, 0.2) is 0 Å². The summed E-state index contributed by atoms with van der Waals surface area (Å²) < 4.78 is 0. The summed E-state index contributed by atoms with van der Waals surface area (Å²) in [6.07, 6.45) is 0. The minimum absolute atomic E-state index is 1.09. The molecule has 0 saturated carbocycles. The third-order valence-corrected chi connectivity index (χ3v) is 4.64. The SMILES string of the molecule is Cc1ccc2c(ccc3cc4ccc5ccccc5c4nc32)c1. The third-order valence-electron chi connectivity index (χ3n) is 4.64. The molecular formula is C22H15N. The molecule has 1 aromatic heterocycles. The highest BCUT2D eigenvalue weighted by Gasteiger charge is 2.07. The van der Waals surface area contributed by atoms with Crippen LogP contribution in [0.3, 0.4) is 0 Å². The molecule has 0 N–H and O–H groups in total. The molecule has 0 radical (unpaired) electrons. The summed E-state index contributed by atoms with van der Waals surface area (Å²) in [5.74, 6) is 0. The third kappa shape index (κ3) is 1.83. The second kappa shape index (κ2) is 4.53. The zero-order valence-corrected chi connectivity index (χ0v) is 12.9. The highest BCUT2D eigenvalue weighted by molar-refractivity contribution is 6.13. The molecule has 0 aliphatic heterocycles. The van der Waals surface area contributed by atoms with Crippen LogP contribution in [-0.4, -0.2) is 4.98 Å². The normalized spacial score (nSPS) is 11.7. The number of hydrogen-bond donors (Lipinski definition) is 0. The van der Waals surface area contributed by atoms with E-state index in [0.717, 1.165) is 11.0 Å². The van der Waals surface area contributed by atoms with Crippen LogP contribution >= 0.6 is 0 Å². The predicted molar refractivity (Wildman–Crippen MR) is 99.0 cm³/mol. The number of pyridine rings is 1. The van der Waals surface area contributed by atoms with Crippen molar-refractivity contribution in [1.29, 1.82) is 0 Å². The van der Waals surface area contributed by atoms with Gasteiger partial charge in [0.25, 0.3) is 0 Å². The Morgan fingerprint density at radius 3 is 2.04 bits per heavy atom. The molecule has 0 spiro atoms. The topological polar surface area (TPSA) is 12.9 Å². The van der Waals surface area contributed by atoms with Gasteiger partial charge in [-0.05, 0) is 23.8 Å². The Balaban J connectivity index is 2.02. The fourth-order valence-electron chi connectivity index (χ4n) is 3.48. The second-order valence-electron chi connectivity index (χ2n) is 6.21. The Hall–Kier alpha value is -2.93. The summed E-state index contributed by atoms with van der Waals surface area (Å²) in [6, 6.07) is 26.0. The van der Waals surface area contributed by atoms with Crippen LogP contribution in [0, 0.1) is 6.92 Å². The molecule has 0 aliphatic carbocycles. The first-order valence-electron chi connectivity index (χ1n) is 7.91. The van der Waals surface area contributed by atoms with Gasteiger partial charge in [-0.2, -0.15) is 0 Å². The molecule has 0 aliphatic rings. The van der Waals surface area contributed by atoms with Gasteiger partial charge in [0.05, 0.1) is 11.0 Å². The van der Waals surface area contributed by atoms with Crippen LogP contribution in [0.2, 0.25) is 0 Å². The Morgan fingerprint density at radius 1 is 0.565 bits per heavy atom. The van der Waals surface area contributed by atoms with E-state index >= 15 is 0 Å². The standard InChI is InChI=1S/C22H15N/c1-14-6-11-20-16(12-14)8-10-18-13-17-9-7-15-4-2-3-5-19(15)21(17)23-22(18)20/h2-13H,1H3. The lowest BCUT2D eigenvalue weighted by Gasteiger charge is -2.08. The van der Waals surface area contributed by atoms with Crippen molar-refractivity contribution in [1.82, 2.24) is 4.98 Å².